The Morgan fingerprint density at radius 1 is 0.905 bits per heavy atom. The second-order valence-corrected chi connectivity index (χ2v) is 10.5. The smallest absolute Gasteiger partial charge is 0.326 e. The standard InChI is InChI=1S/C28H37N7O7/c1-15(2)9-22(34-25(38)19(29)11-17-13-30-14-32-17)26(39)35-23(10-16-12-31-20-6-4-3-5-18(16)20)27(40)33-21(28(41)42)7-8-24(36)37/h3-6,12-15,19,21-23,31H,7-11,29H2,1-2H3,(H,30,32)(H,33,40)(H,34,38)(H,35,39)(H,36,37)(H,41,42). The molecule has 3 aromatic rings. The summed E-state index contributed by atoms with van der Waals surface area (Å²) < 4.78 is 0. The molecule has 42 heavy (non-hydrogen) atoms. The molecule has 0 spiro atoms. The fourth-order valence-corrected chi connectivity index (χ4v) is 4.51. The lowest BCUT2D eigenvalue weighted by Crippen LogP contribution is -2.58. The molecule has 14 nitrogen and oxygen atoms in total. The number of aromatic nitrogens is 3. The summed E-state index contributed by atoms with van der Waals surface area (Å²) in [5.74, 6) is -4.66. The molecule has 0 fully saturated rings. The zero-order valence-corrected chi connectivity index (χ0v) is 23.4. The maximum atomic E-state index is 13.5. The van der Waals surface area contributed by atoms with Crippen molar-refractivity contribution in [3.63, 3.8) is 0 Å². The molecule has 0 aliphatic rings. The number of H-pyrrole nitrogens is 2. The second kappa shape index (κ2) is 14.8. The molecule has 2 aromatic heterocycles. The van der Waals surface area contributed by atoms with Gasteiger partial charge in [-0.25, -0.2) is 9.78 Å². The first-order valence-corrected chi connectivity index (χ1v) is 13.6. The van der Waals surface area contributed by atoms with Gasteiger partial charge in [0, 0.05) is 48.3 Å². The third-order valence-corrected chi connectivity index (χ3v) is 6.66. The van der Waals surface area contributed by atoms with E-state index in [1.165, 1.54) is 6.33 Å². The molecule has 0 aliphatic heterocycles. The molecule has 0 aliphatic carbocycles. The number of aliphatic carboxylic acids is 2. The quantitative estimate of drug-likeness (QED) is 0.117. The number of carbonyl (C=O) groups excluding carboxylic acids is 3. The van der Waals surface area contributed by atoms with Crippen LogP contribution < -0.4 is 21.7 Å². The predicted molar refractivity (Wildman–Crippen MR) is 152 cm³/mol. The lowest BCUT2D eigenvalue weighted by molar-refractivity contribution is -0.143. The molecule has 0 saturated carbocycles. The number of fused-ring (bicyclic) bond motifs is 1. The highest BCUT2D eigenvalue weighted by atomic mass is 16.4. The zero-order valence-electron chi connectivity index (χ0n) is 23.4. The van der Waals surface area contributed by atoms with Gasteiger partial charge < -0.3 is 41.9 Å². The van der Waals surface area contributed by atoms with Crippen LogP contribution in [0, 0.1) is 5.92 Å². The number of para-hydroxylation sites is 1. The van der Waals surface area contributed by atoms with Crippen molar-refractivity contribution >= 4 is 40.6 Å². The van der Waals surface area contributed by atoms with Crippen LogP contribution in [0.15, 0.2) is 43.0 Å². The van der Waals surface area contributed by atoms with Gasteiger partial charge in [0.1, 0.15) is 18.1 Å². The Labute approximate surface area is 241 Å². The van der Waals surface area contributed by atoms with Gasteiger partial charge in [-0.05, 0) is 30.4 Å². The van der Waals surface area contributed by atoms with Crippen molar-refractivity contribution in [2.24, 2.45) is 11.7 Å². The number of nitrogens with zero attached hydrogens (tertiary/aromatic N) is 1. The summed E-state index contributed by atoms with van der Waals surface area (Å²) in [4.78, 5) is 72.4. The summed E-state index contributed by atoms with van der Waals surface area (Å²) in [6.45, 7) is 3.74. The summed E-state index contributed by atoms with van der Waals surface area (Å²) in [6, 6.07) is 2.61. The van der Waals surface area contributed by atoms with E-state index in [9.17, 15) is 29.1 Å². The van der Waals surface area contributed by atoms with Crippen molar-refractivity contribution in [1.29, 1.82) is 0 Å². The van der Waals surface area contributed by atoms with Gasteiger partial charge >= 0.3 is 11.9 Å². The number of carbonyl (C=O) groups is 5. The normalized spacial score (nSPS) is 14.1. The molecule has 3 rings (SSSR count). The molecule has 0 saturated heterocycles. The predicted octanol–water partition coefficient (Wildman–Crippen LogP) is 0.453. The summed E-state index contributed by atoms with van der Waals surface area (Å²) in [7, 11) is 0. The molecule has 1 aromatic carbocycles. The summed E-state index contributed by atoms with van der Waals surface area (Å²) in [5.41, 5.74) is 8.20. The lowest BCUT2D eigenvalue weighted by atomic mass is 10.00. The van der Waals surface area contributed by atoms with Crippen molar-refractivity contribution in [3.05, 3.63) is 54.2 Å². The monoisotopic (exact) mass is 583 g/mol. The molecule has 0 bridgehead atoms. The first-order valence-electron chi connectivity index (χ1n) is 13.6. The van der Waals surface area contributed by atoms with Crippen LogP contribution in [0.4, 0.5) is 0 Å². The van der Waals surface area contributed by atoms with E-state index in [4.69, 9.17) is 10.8 Å². The first-order chi connectivity index (χ1) is 19.9. The van der Waals surface area contributed by atoms with Gasteiger partial charge in [-0.15, -0.1) is 0 Å². The highest BCUT2D eigenvalue weighted by molar-refractivity contribution is 5.95. The molecule has 4 atom stereocenters. The third-order valence-electron chi connectivity index (χ3n) is 6.66. The van der Waals surface area contributed by atoms with E-state index < -0.39 is 60.2 Å². The van der Waals surface area contributed by atoms with Gasteiger partial charge in [-0.3, -0.25) is 19.2 Å². The Kier molecular flexibility index (Phi) is 11.2. The largest absolute Gasteiger partial charge is 0.481 e. The average Bonchev–Trinajstić information content (AvgIpc) is 3.59. The maximum absolute atomic E-state index is 13.5. The number of nitrogens with two attached hydrogens (primary N) is 1. The highest BCUT2D eigenvalue weighted by Crippen LogP contribution is 2.19. The number of benzene rings is 1. The highest BCUT2D eigenvalue weighted by Gasteiger charge is 2.31. The van der Waals surface area contributed by atoms with Crippen molar-refractivity contribution < 1.29 is 34.2 Å². The Bertz CT molecular complexity index is 1390. The molecule has 9 N–H and O–H groups in total. The minimum absolute atomic E-state index is 0.00542. The summed E-state index contributed by atoms with van der Waals surface area (Å²) in [6.07, 6.45) is 4.28. The Hall–Kier alpha value is -4.72. The average molecular weight is 584 g/mol. The number of carboxylic acids is 2. The van der Waals surface area contributed by atoms with E-state index >= 15 is 0 Å². The number of amides is 3. The minimum Gasteiger partial charge on any atom is -0.481 e. The Balaban J connectivity index is 1.82. The Morgan fingerprint density at radius 3 is 2.21 bits per heavy atom. The number of hydrogen-bond acceptors (Lipinski definition) is 7. The fourth-order valence-electron chi connectivity index (χ4n) is 4.51. The number of nitrogens with one attached hydrogen (secondary N) is 5. The molecule has 2 heterocycles. The number of aromatic amines is 2. The molecule has 226 valence electrons. The van der Waals surface area contributed by atoms with E-state index in [1.54, 1.807) is 12.4 Å². The number of rotatable bonds is 16. The minimum atomic E-state index is -1.48. The summed E-state index contributed by atoms with van der Waals surface area (Å²) in [5, 5.41) is 27.1. The van der Waals surface area contributed by atoms with Gasteiger partial charge in [0.15, 0.2) is 0 Å². The van der Waals surface area contributed by atoms with Gasteiger partial charge in [-0.2, -0.15) is 0 Å². The van der Waals surface area contributed by atoms with Crippen LogP contribution in [0.1, 0.15) is 44.4 Å². The molecule has 0 radical (unpaired) electrons. The number of hydrogen-bond donors (Lipinski definition) is 8. The van der Waals surface area contributed by atoms with E-state index in [1.807, 2.05) is 38.1 Å². The number of imidazole rings is 1. The van der Waals surface area contributed by atoms with Crippen LogP contribution in [0.2, 0.25) is 0 Å². The van der Waals surface area contributed by atoms with Crippen LogP contribution in [0.3, 0.4) is 0 Å². The van der Waals surface area contributed by atoms with Crippen molar-refractivity contribution in [1.82, 2.24) is 30.9 Å². The van der Waals surface area contributed by atoms with E-state index in [-0.39, 0.29) is 31.6 Å². The van der Waals surface area contributed by atoms with Crippen LogP contribution >= 0.6 is 0 Å². The van der Waals surface area contributed by atoms with Crippen molar-refractivity contribution in [3.8, 4) is 0 Å². The molecule has 14 heteroatoms. The molecular formula is C28H37N7O7. The molecule has 4 unspecified atom stereocenters. The fraction of sp³-hybridized carbons (Fsp3) is 0.429. The zero-order chi connectivity index (χ0) is 30.8. The summed E-state index contributed by atoms with van der Waals surface area (Å²) >= 11 is 0. The Morgan fingerprint density at radius 2 is 1.57 bits per heavy atom. The second-order valence-electron chi connectivity index (χ2n) is 10.5. The van der Waals surface area contributed by atoms with Gasteiger partial charge in [0.25, 0.3) is 0 Å². The van der Waals surface area contributed by atoms with Crippen LogP contribution in [-0.2, 0) is 36.8 Å². The lowest BCUT2D eigenvalue weighted by Gasteiger charge is -2.26. The van der Waals surface area contributed by atoms with E-state index in [0.29, 0.717) is 11.3 Å². The van der Waals surface area contributed by atoms with Crippen LogP contribution in [-0.4, -0.2) is 79.0 Å². The molecular weight excluding hydrogens is 546 g/mol. The van der Waals surface area contributed by atoms with Gasteiger partial charge in [0.05, 0.1) is 12.4 Å². The SMILES string of the molecule is CC(C)CC(NC(=O)C(N)Cc1cnc[nH]1)C(=O)NC(Cc1c[nH]c2ccccc12)C(=O)NC(CCC(=O)O)C(=O)O. The topological polar surface area (TPSA) is 232 Å². The van der Waals surface area contributed by atoms with Crippen molar-refractivity contribution in [2.45, 2.75) is 70.1 Å². The van der Waals surface area contributed by atoms with Gasteiger partial charge in [0.2, 0.25) is 17.7 Å². The van der Waals surface area contributed by atoms with E-state index in [0.717, 1.165) is 10.9 Å². The van der Waals surface area contributed by atoms with Gasteiger partial charge in [-0.1, -0.05) is 32.0 Å². The molecule has 3 amide bonds. The maximum Gasteiger partial charge on any atom is 0.326 e. The van der Waals surface area contributed by atoms with Crippen LogP contribution in [0.25, 0.3) is 10.9 Å². The third kappa shape index (κ3) is 9.16. The van der Waals surface area contributed by atoms with Crippen LogP contribution in [0.5, 0.6) is 0 Å². The number of carboxylic acid groups (broad SMARTS) is 2. The first kappa shape index (κ1) is 31.8. The van der Waals surface area contributed by atoms with E-state index in [2.05, 4.69) is 30.9 Å². The van der Waals surface area contributed by atoms with Crippen molar-refractivity contribution in [2.75, 3.05) is 0 Å².